The third-order valence-electron chi connectivity index (χ3n) is 4.34. The molecule has 1 unspecified atom stereocenters. The van der Waals surface area contributed by atoms with E-state index >= 15 is 0 Å². The Morgan fingerprint density at radius 1 is 1.00 bits per heavy atom. The van der Waals surface area contributed by atoms with Crippen molar-refractivity contribution in [2.45, 2.75) is 38.7 Å². The molecule has 4 nitrogen and oxygen atoms in total. The van der Waals surface area contributed by atoms with Gasteiger partial charge in [-0.05, 0) is 41.7 Å². The van der Waals surface area contributed by atoms with Crippen LogP contribution in [0.25, 0.3) is 0 Å². The van der Waals surface area contributed by atoms with Crippen LogP contribution in [0, 0.1) is 0 Å². The predicted octanol–water partition coefficient (Wildman–Crippen LogP) is 3.55. The van der Waals surface area contributed by atoms with Gasteiger partial charge in [-0.1, -0.05) is 54.6 Å². The van der Waals surface area contributed by atoms with Crippen molar-refractivity contribution in [3.63, 3.8) is 0 Å². The average molecular weight is 371 g/mol. The second kappa shape index (κ2) is 10.3. The largest absolute Gasteiger partial charge is 0.376 e. The summed E-state index contributed by atoms with van der Waals surface area (Å²) in [6.07, 6.45) is 2.55. The molecule has 0 spiro atoms. The highest BCUT2D eigenvalue weighted by Gasteiger charge is 2.15. The van der Waals surface area contributed by atoms with E-state index in [0.717, 1.165) is 26.0 Å². The normalized spacial score (nSPS) is 16.4. The first-order valence-electron chi connectivity index (χ1n) is 9.12. The van der Waals surface area contributed by atoms with Crippen molar-refractivity contribution in [1.82, 2.24) is 10.6 Å². The summed E-state index contributed by atoms with van der Waals surface area (Å²) in [6, 6.07) is 18.6. The molecule has 1 saturated heterocycles. The number of thiocarbonyl (C=S) groups is 1. The van der Waals surface area contributed by atoms with Gasteiger partial charge in [0.15, 0.2) is 5.11 Å². The SMILES string of the molecule is S=C(NCc1cccc(COCc2ccccc2)c1)NCC1CCCO1. The van der Waals surface area contributed by atoms with Crippen LogP contribution in [-0.2, 0) is 29.2 Å². The molecule has 26 heavy (non-hydrogen) atoms. The molecular formula is C21H26N2O2S. The third-order valence-corrected chi connectivity index (χ3v) is 4.63. The van der Waals surface area contributed by atoms with Gasteiger partial charge in [-0.25, -0.2) is 0 Å². The maximum Gasteiger partial charge on any atom is 0.166 e. The first-order chi connectivity index (χ1) is 12.8. The standard InChI is InChI=1S/C21H26N2O2S/c26-21(23-14-20-10-5-11-25-20)22-13-18-8-4-9-19(12-18)16-24-15-17-6-2-1-3-7-17/h1-4,6-9,12,20H,5,10-11,13-16H2,(H2,22,23,26). The summed E-state index contributed by atoms with van der Waals surface area (Å²) < 4.78 is 11.4. The summed E-state index contributed by atoms with van der Waals surface area (Å²) >= 11 is 5.34. The van der Waals surface area contributed by atoms with Gasteiger partial charge < -0.3 is 20.1 Å². The van der Waals surface area contributed by atoms with Crippen LogP contribution >= 0.6 is 12.2 Å². The van der Waals surface area contributed by atoms with Gasteiger partial charge in [0.25, 0.3) is 0 Å². The third kappa shape index (κ3) is 6.41. The smallest absolute Gasteiger partial charge is 0.166 e. The Balaban J connectivity index is 1.38. The van der Waals surface area contributed by atoms with Crippen LogP contribution in [0.1, 0.15) is 29.5 Å². The molecule has 0 radical (unpaired) electrons. The van der Waals surface area contributed by atoms with Crippen LogP contribution in [0.15, 0.2) is 54.6 Å². The number of nitrogens with one attached hydrogen (secondary N) is 2. The van der Waals surface area contributed by atoms with Crippen molar-refractivity contribution in [1.29, 1.82) is 0 Å². The lowest BCUT2D eigenvalue weighted by atomic mass is 10.1. The van der Waals surface area contributed by atoms with Gasteiger partial charge in [-0.15, -0.1) is 0 Å². The van der Waals surface area contributed by atoms with E-state index in [1.54, 1.807) is 0 Å². The lowest BCUT2D eigenvalue weighted by Crippen LogP contribution is -2.39. The first kappa shape index (κ1) is 18.8. The summed E-state index contributed by atoms with van der Waals surface area (Å²) in [5, 5.41) is 7.16. The van der Waals surface area contributed by atoms with Crippen molar-refractivity contribution in [2.75, 3.05) is 13.2 Å². The fourth-order valence-corrected chi connectivity index (χ4v) is 3.10. The van der Waals surface area contributed by atoms with Gasteiger partial charge in [-0.2, -0.15) is 0 Å². The van der Waals surface area contributed by atoms with Crippen LogP contribution in [0.3, 0.4) is 0 Å². The van der Waals surface area contributed by atoms with E-state index in [2.05, 4.69) is 47.0 Å². The number of hydrogen-bond donors (Lipinski definition) is 2. The topological polar surface area (TPSA) is 42.5 Å². The number of hydrogen-bond acceptors (Lipinski definition) is 3. The van der Waals surface area contributed by atoms with Gasteiger partial charge in [0.05, 0.1) is 19.3 Å². The Morgan fingerprint density at radius 3 is 2.58 bits per heavy atom. The van der Waals surface area contributed by atoms with E-state index in [1.807, 2.05) is 18.2 Å². The summed E-state index contributed by atoms with van der Waals surface area (Å²) in [5.74, 6) is 0. The predicted molar refractivity (Wildman–Crippen MR) is 108 cm³/mol. The van der Waals surface area contributed by atoms with Crippen LogP contribution in [0.4, 0.5) is 0 Å². The molecule has 0 amide bonds. The molecule has 2 N–H and O–H groups in total. The van der Waals surface area contributed by atoms with Crippen LogP contribution in [0.2, 0.25) is 0 Å². The van der Waals surface area contributed by atoms with E-state index < -0.39 is 0 Å². The van der Waals surface area contributed by atoms with Gasteiger partial charge in [0.2, 0.25) is 0 Å². The zero-order valence-corrected chi connectivity index (χ0v) is 15.8. The molecule has 5 heteroatoms. The van der Waals surface area contributed by atoms with Crippen molar-refractivity contribution in [3.05, 3.63) is 71.3 Å². The molecule has 2 aromatic rings. The second-order valence-electron chi connectivity index (χ2n) is 6.50. The van der Waals surface area contributed by atoms with Crippen molar-refractivity contribution in [3.8, 4) is 0 Å². The molecule has 1 aliphatic heterocycles. The molecule has 0 bridgehead atoms. The first-order valence-corrected chi connectivity index (χ1v) is 9.53. The Kier molecular flexibility index (Phi) is 7.43. The number of ether oxygens (including phenoxy) is 2. The molecular weight excluding hydrogens is 344 g/mol. The Hall–Kier alpha value is -1.95. The molecule has 3 rings (SSSR count). The minimum absolute atomic E-state index is 0.292. The fourth-order valence-electron chi connectivity index (χ4n) is 2.95. The number of benzene rings is 2. The van der Waals surface area contributed by atoms with Gasteiger partial charge in [-0.3, -0.25) is 0 Å². The minimum atomic E-state index is 0.292. The Morgan fingerprint density at radius 2 is 1.77 bits per heavy atom. The van der Waals surface area contributed by atoms with Crippen molar-refractivity contribution in [2.24, 2.45) is 0 Å². The monoisotopic (exact) mass is 370 g/mol. The molecule has 1 heterocycles. The molecule has 1 atom stereocenters. The molecule has 1 aliphatic rings. The summed E-state index contributed by atoms with van der Waals surface area (Å²) in [4.78, 5) is 0. The lowest BCUT2D eigenvalue weighted by Gasteiger charge is -2.14. The van der Waals surface area contributed by atoms with Crippen molar-refractivity contribution < 1.29 is 9.47 Å². The highest BCUT2D eigenvalue weighted by molar-refractivity contribution is 7.80. The fraction of sp³-hybridized carbons (Fsp3) is 0.381. The van der Waals surface area contributed by atoms with Gasteiger partial charge in [0.1, 0.15) is 0 Å². The minimum Gasteiger partial charge on any atom is -0.376 e. The van der Waals surface area contributed by atoms with E-state index in [0.29, 0.717) is 31.0 Å². The Bertz CT molecular complexity index is 687. The van der Waals surface area contributed by atoms with Gasteiger partial charge >= 0.3 is 0 Å². The van der Waals surface area contributed by atoms with Gasteiger partial charge in [0, 0.05) is 19.7 Å². The second-order valence-corrected chi connectivity index (χ2v) is 6.91. The Labute approximate surface area is 160 Å². The quantitative estimate of drug-likeness (QED) is 0.696. The maximum atomic E-state index is 5.81. The summed E-state index contributed by atoms with van der Waals surface area (Å²) in [6.45, 7) is 3.57. The average Bonchev–Trinajstić information content (AvgIpc) is 3.20. The zero-order valence-electron chi connectivity index (χ0n) is 14.9. The lowest BCUT2D eigenvalue weighted by molar-refractivity contribution is 0.107. The molecule has 0 aromatic heterocycles. The molecule has 138 valence electrons. The van der Waals surface area contributed by atoms with E-state index in [1.165, 1.54) is 16.7 Å². The van der Waals surface area contributed by atoms with E-state index in [9.17, 15) is 0 Å². The van der Waals surface area contributed by atoms with E-state index in [4.69, 9.17) is 21.7 Å². The number of rotatable bonds is 8. The molecule has 0 saturated carbocycles. The van der Waals surface area contributed by atoms with E-state index in [-0.39, 0.29) is 0 Å². The zero-order chi connectivity index (χ0) is 18.0. The van der Waals surface area contributed by atoms with Crippen LogP contribution < -0.4 is 10.6 Å². The van der Waals surface area contributed by atoms with Crippen molar-refractivity contribution >= 4 is 17.3 Å². The highest BCUT2D eigenvalue weighted by Crippen LogP contribution is 2.11. The van der Waals surface area contributed by atoms with Crippen LogP contribution in [0.5, 0.6) is 0 Å². The molecule has 2 aromatic carbocycles. The molecule has 1 fully saturated rings. The summed E-state index contributed by atoms with van der Waals surface area (Å²) in [7, 11) is 0. The highest BCUT2D eigenvalue weighted by atomic mass is 32.1. The molecule has 0 aliphatic carbocycles. The summed E-state index contributed by atoms with van der Waals surface area (Å²) in [5.41, 5.74) is 3.54. The van der Waals surface area contributed by atoms with Crippen LogP contribution in [-0.4, -0.2) is 24.4 Å². The maximum absolute atomic E-state index is 5.81.